The van der Waals surface area contributed by atoms with Crippen LogP contribution in [-0.4, -0.2) is 30.7 Å². The molecule has 7 nitrogen and oxygen atoms in total. The molecular formula is C18H19ClFN3O4S2. The van der Waals surface area contributed by atoms with Crippen LogP contribution in [0.4, 0.5) is 9.39 Å². The van der Waals surface area contributed by atoms with Gasteiger partial charge < -0.3 is 14.8 Å². The summed E-state index contributed by atoms with van der Waals surface area (Å²) in [5, 5.41) is 3.54. The van der Waals surface area contributed by atoms with Crippen LogP contribution >= 0.6 is 35.2 Å². The number of nitrogens with one attached hydrogen (secondary N) is 3. The molecule has 0 fully saturated rings. The van der Waals surface area contributed by atoms with Crippen LogP contribution in [0, 0.1) is 12.7 Å². The van der Waals surface area contributed by atoms with E-state index in [4.69, 9.17) is 33.3 Å². The first-order valence-corrected chi connectivity index (χ1v) is 10.0. The molecule has 0 unspecified atom stereocenters. The maximum Gasteiger partial charge on any atom is 0.341 e. The van der Waals surface area contributed by atoms with Crippen LogP contribution in [0.1, 0.15) is 27.7 Å². The third-order valence-electron chi connectivity index (χ3n) is 3.75. The molecule has 1 heterocycles. The highest BCUT2D eigenvalue weighted by molar-refractivity contribution is 7.80. The Kier molecular flexibility index (Phi) is 8.18. The van der Waals surface area contributed by atoms with E-state index in [-0.39, 0.29) is 22.5 Å². The van der Waals surface area contributed by atoms with Gasteiger partial charge in [0.1, 0.15) is 16.6 Å². The summed E-state index contributed by atoms with van der Waals surface area (Å²) in [7, 11) is 1.31. The van der Waals surface area contributed by atoms with E-state index < -0.39 is 17.7 Å². The number of esters is 1. The lowest BCUT2D eigenvalue weighted by molar-refractivity contribution is -0.123. The van der Waals surface area contributed by atoms with Gasteiger partial charge in [-0.2, -0.15) is 0 Å². The van der Waals surface area contributed by atoms with E-state index >= 15 is 0 Å². The number of aryl methyl sites for hydroxylation is 1. The second kappa shape index (κ2) is 10.4. The average Bonchev–Trinajstić information content (AvgIpc) is 2.99. The maximum atomic E-state index is 13.0. The van der Waals surface area contributed by atoms with E-state index in [1.54, 1.807) is 0 Å². The minimum absolute atomic E-state index is 0.0538. The van der Waals surface area contributed by atoms with Crippen LogP contribution in [0.5, 0.6) is 5.75 Å². The van der Waals surface area contributed by atoms with Gasteiger partial charge in [-0.25, -0.2) is 9.18 Å². The number of carbonyl (C=O) groups excluding carboxylic acids is 2. The Hall–Kier alpha value is -2.43. The van der Waals surface area contributed by atoms with Crippen LogP contribution in [0.25, 0.3) is 0 Å². The molecule has 0 atom stereocenters. The fourth-order valence-corrected chi connectivity index (χ4v) is 4.02. The lowest BCUT2D eigenvalue weighted by Gasteiger charge is -2.12. The second-order valence-corrected chi connectivity index (χ2v) is 7.72. The Morgan fingerprint density at radius 1 is 1.31 bits per heavy atom. The Morgan fingerprint density at radius 2 is 2.03 bits per heavy atom. The fourth-order valence-electron chi connectivity index (χ4n) is 2.44. The highest BCUT2D eigenvalue weighted by atomic mass is 35.5. The van der Waals surface area contributed by atoms with Gasteiger partial charge >= 0.3 is 5.97 Å². The molecule has 0 spiro atoms. The lowest BCUT2D eigenvalue weighted by Crippen LogP contribution is -2.45. The van der Waals surface area contributed by atoms with Crippen LogP contribution in [0.3, 0.4) is 0 Å². The van der Waals surface area contributed by atoms with Gasteiger partial charge in [-0.1, -0.05) is 18.5 Å². The third kappa shape index (κ3) is 6.02. The number of thiocarbonyl (C=S) groups is 1. The highest BCUT2D eigenvalue weighted by Crippen LogP contribution is 2.33. The summed E-state index contributed by atoms with van der Waals surface area (Å²) >= 11 is 12.3. The molecule has 11 heteroatoms. The Morgan fingerprint density at radius 3 is 2.66 bits per heavy atom. The zero-order chi connectivity index (χ0) is 21.6. The zero-order valence-corrected chi connectivity index (χ0v) is 18.2. The molecule has 2 aromatic rings. The number of hydrogen-bond donors (Lipinski definition) is 3. The first-order valence-electron chi connectivity index (χ1n) is 8.41. The lowest BCUT2D eigenvalue weighted by atomic mass is 10.1. The molecule has 156 valence electrons. The van der Waals surface area contributed by atoms with Crippen molar-refractivity contribution in [3.05, 3.63) is 45.0 Å². The molecule has 0 aliphatic heterocycles. The standard InChI is InChI=1S/C18H19ClFN3O4S2/c1-4-11-9(2)29-16(15(11)17(25)26-3)21-18(28)23-22-14(24)8-27-13-6-5-10(20)7-12(13)19/h5-7H,4,8H2,1-3H3,(H,22,24)(H2,21,23,28). The largest absolute Gasteiger partial charge is 0.482 e. The SMILES string of the molecule is CCc1c(C)sc(NC(=S)NNC(=O)COc2ccc(F)cc2Cl)c1C(=O)OC. The number of anilines is 1. The summed E-state index contributed by atoms with van der Waals surface area (Å²) in [5.74, 6) is -1.34. The van der Waals surface area contributed by atoms with Gasteiger partial charge in [0, 0.05) is 4.88 Å². The predicted molar refractivity (Wildman–Crippen MR) is 114 cm³/mol. The number of benzene rings is 1. The smallest absolute Gasteiger partial charge is 0.341 e. The number of halogens is 2. The topological polar surface area (TPSA) is 88.7 Å². The number of amides is 1. The summed E-state index contributed by atoms with van der Waals surface area (Å²) < 4.78 is 23.1. The van der Waals surface area contributed by atoms with E-state index in [2.05, 4.69) is 16.2 Å². The molecule has 2 rings (SSSR count). The van der Waals surface area contributed by atoms with Gasteiger partial charge in [0.2, 0.25) is 0 Å². The van der Waals surface area contributed by atoms with E-state index in [1.807, 2.05) is 13.8 Å². The number of thiophene rings is 1. The van der Waals surface area contributed by atoms with Gasteiger partial charge in [0.05, 0.1) is 17.7 Å². The summed E-state index contributed by atoms with van der Waals surface area (Å²) in [6.45, 7) is 3.47. The van der Waals surface area contributed by atoms with Gasteiger partial charge in [-0.3, -0.25) is 15.6 Å². The Labute approximate surface area is 181 Å². The number of rotatable bonds is 6. The third-order valence-corrected chi connectivity index (χ3v) is 5.31. The molecule has 3 N–H and O–H groups in total. The van der Waals surface area contributed by atoms with Crippen molar-refractivity contribution in [3.8, 4) is 5.75 Å². The summed E-state index contributed by atoms with van der Waals surface area (Å²) in [6, 6.07) is 3.57. The Bertz CT molecular complexity index is 936. The summed E-state index contributed by atoms with van der Waals surface area (Å²) in [5.41, 5.74) is 6.17. The number of methoxy groups -OCH3 is 1. The fraction of sp³-hybridized carbons (Fsp3) is 0.278. The summed E-state index contributed by atoms with van der Waals surface area (Å²) in [4.78, 5) is 25.0. The van der Waals surface area contributed by atoms with E-state index in [9.17, 15) is 14.0 Å². The number of carbonyl (C=O) groups is 2. The molecule has 0 radical (unpaired) electrons. The van der Waals surface area contributed by atoms with Crippen molar-refractivity contribution in [2.45, 2.75) is 20.3 Å². The minimum Gasteiger partial charge on any atom is -0.482 e. The maximum absolute atomic E-state index is 13.0. The number of ether oxygens (including phenoxy) is 2. The number of hydrazine groups is 1. The molecule has 1 amide bonds. The zero-order valence-electron chi connectivity index (χ0n) is 15.9. The molecule has 1 aromatic heterocycles. The molecule has 0 saturated carbocycles. The normalized spacial score (nSPS) is 10.2. The molecule has 0 bridgehead atoms. The van der Waals surface area contributed by atoms with Crippen LogP contribution < -0.4 is 20.9 Å². The van der Waals surface area contributed by atoms with Crippen molar-refractivity contribution < 1.29 is 23.5 Å². The molecular weight excluding hydrogens is 441 g/mol. The quantitative estimate of drug-likeness (QED) is 0.345. The van der Waals surface area contributed by atoms with Crippen molar-refractivity contribution in [2.24, 2.45) is 0 Å². The van der Waals surface area contributed by atoms with Crippen LogP contribution in [0.15, 0.2) is 18.2 Å². The molecule has 29 heavy (non-hydrogen) atoms. The van der Waals surface area contributed by atoms with Crippen molar-refractivity contribution in [2.75, 3.05) is 19.0 Å². The van der Waals surface area contributed by atoms with Gasteiger partial charge in [0.15, 0.2) is 11.7 Å². The summed E-state index contributed by atoms with van der Waals surface area (Å²) in [6.07, 6.45) is 0.661. The van der Waals surface area contributed by atoms with Gasteiger partial charge in [-0.05, 0) is 49.3 Å². The van der Waals surface area contributed by atoms with Crippen molar-refractivity contribution in [3.63, 3.8) is 0 Å². The van der Waals surface area contributed by atoms with Gasteiger partial charge in [-0.15, -0.1) is 11.3 Å². The van der Waals surface area contributed by atoms with Crippen molar-refractivity contribution in [1.29, 1.82) is 0 Å². The van der Waals surface area contributed by atoms with Crippen LogP contribution in [0.2, 0.25) is 5.02 Å². The first-order chi connectivity index (χ1) is 13.8. The van der Waals surface area contributed by atoms with Crippen molar-refractivity contribution in [1.82, 2.24) is 10.9 Å². The molecule has 0 aliphatic carbocycles. The highest BCUT2D eigenvalue weighted by Gasteiger charge is 2.22. The van der Waals surface area contributed by atoms with Crippen molar-refractivity contribution >= 4 is 57.1 Å². The average molecular weight is 460 g/mol. The van der Waals surface area contributed by atoms with E-state index in [0.717, 1.165) is 16.5 Å². The van der Waals surface area contributed by atoms with Gasteiger partial charge in [0.25, 0.3) is 5.91 Å². The monoisotopic (exact) mass is 459 g/mol. The second-order valence-electron chi connectivity index (χ2n) is 5.68. The molecule has 1 aromatic carbocycles. The number of hydrogen-bond acceptors (Lipinski definition) is 6. The van der Waals surface area contributed by atoms with Crippen LogP contribution in [-0.2, 0) is 16.0 Å². The predicted octanol–water partition coefficient (Wildman–Crippen LogP) is 3.59. The van der Waals surface area contributed by atoms with E-state index in [0.29, 0.717) is 17.0 Å². The minimum atomic E-state index is -0.542. The first kappa shape index (κ1) is 22.9. The Balaban J connectivity index is 1.91. The van der Waals surface area contributed by atoms with E-state index in [1.165, 1.54) is 30.6 Å². The molecule has 0 saturated heterocycles. The molecule has 0 aliphatic rings.